The molecule has 0 aliphatic rings. The molecular formula is C6H12MgO4. The first-order valence-corrected chi connectivity index (χ1v) is 3.04. The van der Waals surface area contributed by atoms with E-state index in [4.69, 9.17) is 5.11 Å². The number of esters is 1. The molecule has 0 amide bonds. The van der Waals surface area contributed by atoms with Gasteiger partial charge in [-0.25, -0.2) is 0 Å². The van der Waals surface area contributed by atoms with Gasteiger partial charge in [-0.3, -0.25) is 9.59 Å². The predicted octanol–water partition coefficient (Wildman–Crippen LogP) is 0.258. The summed E-state index contributed by atoms with van der Waals surface area (Å²) in [6.07, 6.45) is -0.192. The molecule has 0 aliphatic carbocycles. The van der Waals surface area contributed by atoms with Gasteiger partial charge in [0, 0.05) is 0 Å². The third-order valence-electron chi connectivity index (χ3n) is 0.848. The Morgan fingerprint density at radius 3 is 2.36 bits per heavy atom. The van der Waals surface area contributed by atoms with Crippen LogP contribution in [0.2, 0.25) is 0 Å². The SMILES string of the molecule is CCOC(=O)CCC(=O)O.[H-].[H-].[Mg+2]. The van der Waals surface area contributed by atoms with Gasteiger partial charge in [-0.15, -0.1) is 0 Å². The molecule has 0 rings (SSSR count). The Morgan fingerprint density at radius 1 is 1.45 bits per heavy atom. The summed E-state index contributed by atoms with van der Waals surface area (Å²) in [4.78, 5) is 20.4. The molecule has 0 saturated carbocycles. The van der Waals surface area contributed by atoms with Crippen molar-refractivity contribution < 1.29 is 22.3 Å². The monoisotopic (exact) mass is 172 g/mol. The van der Waals surface area contributed by atoms with Gasteiger partial charge in [0.1, 0.15) is 0 Å². The van der Waals surface area contributed by atoms with Crippen molar-refractivity contribution in [2.45, 2.75) is 19.8 Å². The van der Waals surface area contributed by atoms with Crippen LogP contribution in [-0.4, -0.2) is 46.7 Å². The summed E-state index contributed by atoms with van der Waals surface area (Å²) in [6.45, 7) is 1.98. The average Bonchev–Trinajstić information content (AvgIpc) is 1.85. The van der Waals surface area contributed by atoms with Crippen LogP contribution in [0.1, 0.15) is 22.6 Å². The first kappa shape index (κ1) is 13.3. The van der Waals surface area contributed by atoms with Crippen LogP contribution in [0.5, 0.6) is 0 Å². The summed E-state index contributed by atoms with van der Waals surface area (Å²) in [7, 11) is 0. The molecule has 0 unspecified atom stereocenters. The maximum atomic E-state index is 10.5. The summed E-state index contributed by atoms with van der Waals surface area (Å²) >= 11 is 0. The minimum Gasteiger partial charge on any atom is -1.00 e. The van der Waals surface area contributed by atoms with Gasteiger partial charge >= 0.3 is 35.0 Å². The van der Waals surface area contributed by atoms with Crippen molar-refractivity contribution in [1.29, 1.82) is 0 Å². The topological polar surface area (TPSA) is 63.6 Å². The Labute approximate surface area is 84.0 Å². The fourth-order valence-corrected chi connectivity index (χ4v) is 0.442. The van der Waals surface area contributed by atoms with Crippen molar-refractivity contribution in [3.8, 4) is 0 Å². The number of ether oxygens (including phenoxy) is 1. The summed E-state index contributed by atoms with van der Waals surface area (Å²) in [5, 5.41) is 8.12. The van der Waals surface area contributed by atoms with Crippen molar-refractivity contribution in [2.75, 3.05) is 6.61 Å². The van der Waals surface area contributed by atoms with Crippen LogP contribution in [0.25, 0.3) is 0 Å². The third kappa shape index (κ3) is 9.71. The molecule has 62 valence electrons. The van der Waals surface area contributed by atoms with E-state index in [1.165, 1.54) is 0 Å². The Bertz CT molecular complexity index is 143. The van der Waals surface area contributed by atoms with Crippen LogP contribution in [0.15, 0.2) is 0 Å². The van der Waals surface area contributed by atoms with Gasteiger partial charge in [0.2, 0.25) is 0 Å². The van der Waals surface area contributed by atoms with Gasteiger partial charge in [-0.1, -0.05) is 0 Å². The van der Waals surface area contributed by atoms with E-state index in [-0.39, 0.29) is 38.7 Å². The zero-order chi connectivity index (χ0) is 7.98. The zero-order valence-corrected chi connectivity index (χ0v) is 7.91. The molecule has 0 saturated heterocycles. The summed E-state index contributed by atoms with van der Waals surface area (Å²) in [6, 6.07) is 0. The van der Waals surface area contributed by atoms with Gasteiger partial charge < -0.3 is 12.7 Å². The number of aliphatic carboxylic acids is 1. The molecular weight excluding hydrogens is 160 g/mol. The zero-order valence-electron chi connectivity index (χ0n) is 8.50. The fraction of sp³-hybridized carbons (Fsp3) is 0.667. The second kappa shape index (κ2) is 7.81. The first-order valence-electron chi connectivity index (χ1n) is 3.04. The molecule has 0 aromatic rings. The second-order valence-corrected chi connectivity index (χ2v) is 1.70. The molecule has 0 heterocycles. The number of carboxylic acids is 1. The van der Waals surface area contributed by atoms with E-state index < -0.39 is 11.9 Å². The van der Waals surface area contributed by atoms with Crippen molar-refractivity contribution in [3.05, 3.63) is 0 Å². The molecule has 0 radical (unpaired) electrons. The van der Waals surface area contributed by atoms with Crippen LogP contribution >= 0.6 is 0 Å². The van der Waals surface area contributed by atoms with Crippen molar-refractivity contribution in [3.63, 3.8) is 0 Å². The number of rotatable bonds is 4. The molecule has 1 N–H and O–H groups in total. The second-order valence-electron chi connectivity index (χ2n) is 1.70. The van der Waals surface area contributed by atoms with E-state index in [1.807, 2.05) is 0 Å². The Morgan fingerprint density at radius 2 is 2.00 bits per heavy atom. The largest absolute Gasteiger partial charge is 2.00 e. The Kier molecular flexibility index (Phi) is 9.45. The standard InChI is InChI=1S/C6H10O4.Mg.2H/c1-2-10-6(9)4-3-5(7)8;;;/h2-4H2,1H3,(H,7,8);;;/q;+2;2*-1. The number of carbonyl (C=O) groups is 2. The molecule has 0 aliphatic heterocycles. The van der Waals surface area contributed by atoms with E-state index in [0.29, 0.717) is 6.61 Å². The van der Waals surface area contributed by atoms with Gasteiger partial charge in [0.15, 0.2) is 0 Å². The van der Waals surface area contributed by atoms with Gasteiger partial charge in [0.05, 0.1) is 19.4 Å². The van der Waals surface area contributed by atoms with Crippen molar-refractivity contribution >= 4 is 35.0 Å². The minimum absolute atomic E-state index is 0. The molecule has 0 fully saturated rings. The molecule has 0 spiro atoms. The van der Waals surface area contributed by atoms with Gasteiger partial charge in [0.25, 0.3) is 0 Å². The molecule has 11 heavy (non-hydrogen) atoms. The number of carboxylic acid groups (broad SMARTS) is 1. The van der Waals surface area contributed by atoms with Crippen LogP contribution < -0.4 is 0 Å². The van der Waals surface area contributed by atoms with Crippen LogP contribution in [0.3, 0.4) is 0 Å². The Hall–Kier alpha value is -0.294. The Balaban J connectivity index is -0.000000135. The van der Waals surface area contributed by atoms with E-state index in [9.17, 15) is 9.59 Å². The van der Waals surface area contributed by atoms with Crippen LogP contribution in [0, 0.1) is 0 Å². The van der Waals surface area contributed by atoms with Crippen molar-refractivity contribution in [1.82, 2.24) is 0 Å². The molecule has 0 bridgehead atoms. The summed E-state index contributed by atoms with van der Waals surface area (Å²) < 4.78 is 4.49. The number of hydrogen-bond acceptors (Lipinski definition) is 3. The smallest absolute Gasteiger partial charge is 1.00 e. The normalized spacial score (nSPS) is 8.09. The summed E-state index contributed by atoms with van der Waals surface area (Å²) in [5.41, 5.74) is 0. The van der Waals surface area contributed by atoms with Crippen molar-refractivity contribution in [2.24, 2.45) is 0 Å². The number of carbonyl (C=O) groups excluding carboxylic acids is 1. The van der Waals surface area contributed by atoms with E-state index in [2.05, 4.69) is 4.74 Å². The molecule has 0 aromatic heterocycles. The summed E-state index contributed by atoms with van der Waals surface area (Å²) in [5.74, 6) is -1.43. The maximum absolute atomic E-state index is 10.5. The van der Waals surface area contributed by atoms with E-state index in [1.54, 1.807) is 6.92 Å². The van der Waals surface area contributed by atoms with Crippen LogP contribution in [-0.2, 0) is 14.3 Å². The average molecular weight is 172 g/mol. The minimum atomic E-state index is -0.979. The van der Waals surface area contributed by atoms with E-state index in [0.717, 1.165) is 0 Å². The molecule has 0 atom stereocenters. The van der Waals surface area contributed by atoms with Crippen LogP contribution in [0.4, 0.5) is 0 Å². The predicted molar refractivity (Wildman–Crippen MR) is 41.5 cm³/mol. The van der Waals surface area contributed by atoms with Gasteiger partial charge in [-0.2, -0.15) is 0 Å². The third-order valence-corrected chi connectivity index (χ3v) is 0.848. The van der Waals surface area contributed by atoms with Gasteiger partial charge in [-0.05, 0) is 6.92 Å². The molecule has 0 aromatic carbocycles. The number of hydrogen-bond donors (Lipinski definition) is 1. The quantitative estimate of drug-likeness (QED) is 0.488. The molecule has 4 nitrogen and oxygen atoms in total. The molecule has 5 heteroatoms. The first-order chi connectivity index (χ1) is 4.66. The van der Waals surface area contributed by atoms with E-state index >= 15 is 0 Å². The fourth-order valence-electron chi connectivity index (χ4n) is 0.442. The maximum Gasteiger partial charge on any atom is 2.00 e.